The van der Waals surface area contributed by atoms with E-state index in [4.69, 9.17) is 0 Å². The van der Waals surface area contributed by atoms with Gasteiger partial charge in [-0.2, -0.15) is 0 Å². The maximum absolute atomic E-state index is 12.9. The zero-order valence-electron chi connectivity index (χ0n) is 12.7. The summed E-state index contributed by atoms with van der Waals surface area (Å²) in [5.74, 6) is 0. The second-order valence-electron chi connectivity index (χ2n) is 5.72. The van der Waals surface area contributed by atoms with Crippen molar-refractivity contribution in [3.63, 3.8) is 0 Å². The number of hydrogen-bond acceptors (Lipinski definition) is 1. The summed E-state index contributed by atoms with van der Waals surface area (Å²) in [5.41, 5.74) is 4.09. The van der Waals surface area contributed by atoms with Crippen molar-refractivity contribution in [3.05, 3.63) is 86.0 Å². The average Bonchev–Trinajstić information content (AvgIpc) is 2.94. The number of halogens is 1. The van der Waals surface area contributed by atoms with Crippen molar-refractivity contribution in [1.29, 1.82) is 0 Å². The van der Waals surface area contributed by atoms with Crippen molar-refractivity contribution in [3.8, 4) is 0 Å². The minimum absolute atomic E-state index is 0.0476. The van der Waals surface area contributed by atoms with Gasteiger partial charge in [0.05, 0.1) is 12.1 Å². The van der Waals surface area contributed by atoms with Gasteiger partial charge in [0.1, 0.15) is 5.52 Å². The lowest BCUT2D eigenvalue weighted by molar-refractivity contribution is 0.743. The molecule has 0 bridgehead atoms. The lowest BCUT2D eigenvalue weighted by atomic mass is 10.2. The predicted octanol–water partition coefficient (Wildman–Crippen LogP) is 4.22. The average molecular weight is 414 g/mol. The minimum atomic E-state index is 0.0476. The number of hydrogen-bond donors (Lipinski definition) is 0. The molecule has 0 atom stereocenters. The van der Waals surface area contributed by atoms with E-state index in [9.17, 15) is 4.79 Å². The zero-order chi connectivity index (χ0) is 16.0. The highest BCUT2D eigenvalue weighted by Gasteiger charge is 2.11. The van der Waals surface area contributed by atoms with Gasteiger partial charge in [0.15, 0.2) is 0 Å². The molecular weight excluding hydrogens is 399 g/mol. The SMILES string of the molecule is Cc1cn(Cc2ccccc2I)c(=O)c2cc3ccccc3n12. The van der Waals surface area contributed by atoms with Crippen molar-refractivity contribution < 1.29 is 0 Å². The molecule has 0 aliphatic heterocycles. The molecule has 0 saturated carbocycles. The van der Waals surface area contributed by atoms with E-state index in [1.807, 2.05) is 53.9 Å². The molecule has 0 aliphatic rings. The van der Waals surface area contributed by atoms with Crippen LogP contribution in [0.1, 0.15) is 11.3 Å². The normalized spacial score (nSPS) is 11.4. The van der Waals surface area contributed by atoms with Crippen LogP contribution in [0.5, 0.6) is 0 Å². The van der Waals surface area contributed by atoms with Crippen LogP contribution < -0.4 is 5.56 Å². The molecule has 0 fully saturated rings. The summed E-state index contributed by atoms with van der Waals surface area (Å²) in [4.78, 5) is 12.9. The van der Waals surface area contributed by atoms with E-state index < -0.39 is 0 Å². The summed E-state index contributed by atoms with van der Waals surface area (Å²) in [6.45, 7) is 2.64. The van der Waals surface area contributed by atoms with Crippen LogP contribution in [0.4, 0.5) is 0 Å². The molecule has 4 heteroatoms. The van der Waals surface area contributed by atoms with E-state index >= 15 is 0 Å². The topological polar surface area (TPSA) is 26.4 Å². The molecule has 0 amide bonds. The van der Waals surface area contributed by atoms with Crippen LogP contribution in [-0.4, -0.2) is 8.97 Å². The predicted molar refractivity (Wildman–Crippen MR) is 102 cm³/mol. The third-order valence-corrected chi connectivity index (χ3v) is 5.24. The zero-order valence-corrected chi connectivity index (χ0v) is 14.8. The Morgan fingerprint density at radius 2 is 1.74 bits per heavy atom. The summed E-state index contributed by atoms with van der Waals surface area (Å²) in [6.07, 6.45) is 1.95. The molecular formula is C19H15IN2O. The summed E-state index contributed by atoms with van der Waals surface area (Å²) in [6, 6.07) is 18.3. The van der Waals surface area contributed by atoms with E-state index in [0.29, 0.717) is 6.54 Å². The van der Waals surface area contributed by atoms with E-state index in [0.717, 1.165) is 27.7 Å². The maximum Gasteiger partial charge on any atom is 0.275 e. The number of para-hydroxylation sites is 1. The van der Waals surface area contributed by atoms with E-state index in [1.165, 1.54) is 3.57 Å². The summed E-state index contributed by atoms with van der Waals surface area (Å²) >= 11 is 2.32. The lowest BCUT2D eigenvalue weighted by Gasteiger charge is -2.11. The molecule has 2 heterocycles. The Hall–Kier alpha value is -2.08. The quantitative estimate of drug-likeness (QED) is 0.452. The first-order valence-corrected chi connectivity index (χ1v) is 8.56. The van der Waals surface area contributed by atoms with Gasteiger partial charge in [0.25, 0.3) is 5.56 Å². The Labute approximate surface area is 147 Å². The molecule has 0 radical (unpaired) electrons. The molecule has 3 nitrogen and oxygen atoms in total. The largest absolute Gasteiger partial charge is 0.308 e. The first-order chi connectivity index (χ1) is 11.1. The Morgan fingerprint density at radius 1 is 1.00 bits per heavy atom. The first kappa shape index (κ1) is 14.5. The van der Waals surface area contributed by atoms with Gasteiger partial charge in [-0.05, 0) is 53.3 Å². The fraction of sp³-hybridized carbons (Fsp3) is 0.105. The molecule has 4 rings (SSSR count). The van der Waals surface area contributed by atoms with Gasteiger partial charge < -0.3 is 8.97 Å². The minimum Gasteiger partial charge on any atom is -0.308 e. The van der Waals surface area contributed by atoms with E-state index in [2.05, 4.69) is 40.8 Å². The van der Waals surface area contributed by atoms with Gasteiger partial charge in [-0.1, -0.05) is 36.4 Å². The van der Waals surface area contributed by atoms with Crippen molar-refractivity contribution in [2.75, 3.05) is 0 Å². The highest BCUT2D eigenvalue weighted by molar-refractivity contribution is 14.1. The Bertz CT molecular complexity index is 1090. The lowest BCUT2D eigenvalue weighted by Crippen LogP contribution is -2.23. The fourth-order valence-corrected chi connectivity index (χ4v) is 3.67. The van der Waals surface area contributed by atoms with Crippen LogP contribution >= 0.6 is 22.6 Å². The van der Waals surface area contributed by atoms with Crippen molar-refractivity contribution in [2.24, 2.45) is 0 Å². The monoisotopic (exact) mass is 414 g/mol. The highest BCUT2D eigenvalue weighted by Crippen LogP contribution is 2.20. The smallest absolute Gasteiger partial charge is 0.275 e. The van der Waals surface area contributed by atoms with E-state index in [-0.39, 0.29) is 5.56 Å². The number of fused-ring (bicyclic) bond motifs is 3. The highest BCUT2D eigenvalue weighted by atomic mass is 127. The number of benzene rings is 2. The molecule has 114 valence electrons. The Morgan fingerprint density at radius 3 is 2.57 bits per heavy atom. The van der Waals surface area contributed by atoms with Crippen LogP contribution in [0.15, 0.2) is 65.6 Å². The standard InChI is InChI=1S/C19H15IN2O/c1-13-11-21(12-15-7-2-4-8-16(15)20)19(23)18-10-14-6-3-5-9-17(14)22(13)18/h2-11H,12H2,1H3. The second-order valence-corrected chi connectivity index (χ2v) is 6.88. The third kappa shape index (κ3) is 2.37. The van der Waals surface area contributed by atoms with Gasteiger partial charge in [-0.3, -0.25) is 4.79 Å². The van der Waals surface area contributed by atoms with Crippen molar-refractivity contribution in [1.82, 2.24) is 8.97 Å². The van der Waals surface area contributed by atoms with Crippen LogP contribution in [0, 0.1) is 10.5 Å². The molecule has 0 N–H and O–H groups in total. The molecule has 2 aromatic heterocycles. The molecule has 0 saturated heterocycles. The molecule has 0 unspecified atom stereocenters. The van der Waals surface area contributed by atoms with Crippen LogP contribution in [0.2, 0.25) is 0 Å². The molecule has 23 heavy (non-hydrogen) atoms. The third-order valence-electron chi connectivity index (χ3n) is 4.18. The van der Waals surface area contributed by atoms with Crippen molar-refractivity contribution in [2.45, 2.75) is 13.5 Å². The molecule has 2 aromatic carbocycles. The van der Waals surface area contributed by atoms with Crippen LogP contribution in [0.25, 0.3) is 16.4 Å². The van der Waals surface area contributed by atoms with Gasteiger partial charge in [-0.15, -0.1) is 0 Å². The maximum atomic E-state index is 12.9. The fourth-order valence-electron chi connectivity index (χ4n) is 3.11. The summed E-state index contributed by atoms with van der Waals surface area (Å²) in [7, 11) is 0. The molecule has 0 spiro atoms. The van der Waals surface area contributed by atoms with Crippen LogP contribution in [-0.2, 0) is 6.54 Å². The number of nitrogens with zero attached hydrogens (tertiary/aromatic N) is 2. The van der Waals surface area contributed by atoms with Gasteiger partial charge in [0, 0.05) is 20.8 Å². The number of aryl methyl sites for hydroxylation is 1. The van der Waals surface area contributed by atoms with Gasteiger partial charge in [-0.25, -0.2) is 0 Å². The van der Waals surface area contributed by atoms with Crippen LogP contribution in [0.3, 0.4) is 0 Å². The Kier molecular flexibility index (Phi) is 3.49. The summed E-state index contributed by atoms with van der Waals surface area (Å²) in [5, 5.41) is 1.10. The van der Waals surface area contributed by atoms with Crippen molar-refractivity contribution >= 4 is 39.0 Å². The molecule has 0 aliphatic carbocycles. The Balaban J connectivity index is 1.96. The van der Waals surface area contributed by atoms with E-state index in [1.54, 1.807) is 4.57 Å². The van der Waals surface area contributed by atoms with Gasteiger partial charge >= 0.3 is 0 Å². The second kappa shape index (κ2) is 5.53. The summed E-state index contributed by atoms with van der Waals surface area (Å²) < 4.78 is 5.03. The van der Waals surface area contributed by atoms with Gasteiger partial charge in [0.2, 0.25) is 0 Å². The number of aromatic nitrogens is 2. The first-order valence-electron chi connectivity index (χ1n) is 7.49. The molecule has 4 aromatic rings. The number of rotatable bonds is 2.